The minimum atomic E-state index is -0.194. The van der Waals surface area contributed by atoms with Crippen molar-refractivity contribution in [3.05, 3.63) is 58.9 Å². The van der Waals surface area contributed by atoms with E-state index in [0.29, 0.717) is 27.1 Å². The van der Waals surface area contributed by atoms with Gasteiger partial charge in [0, 0.05) is 28.6 Å². The van der Waals surface area contributed by atoms with Gasteiger partial charge in [-0.2, -0.15) is 0 Å². The summed E-state index contributed by atoms with van der Waals surface area (Å²) in [6.07, 6.45) is 0. The number of aromatic hydroxyl groups is 2. The molecule has 0 aliphatic carbocycles. The second-order valence-electron chi connectivity index (χ2n) is 5.38. The van der Waals surface area contributed by atoms with Gasteiger partial charge in [-0.1, -0.05) is 42.5 Å². The molecular weight excluding hydrogens is 278 g/mol. The molecule has 1 aromatic heterocycles. The fourth-order valence-corrected chi connectivity index (χ4v) is 3.16. The molecule has 0 radical (unpaired) electrons. The minimum Gasteiger partial charge on any atom is -0.504 e. The Hall–Kier alpha value is -3.01. The van der Waals surface area contributed by atoms with Crippen molar-refractivity contribution in [3.8, 4) is 11.5 Å². The summed E-state index contributed by atoms with van der Waals surface area (Å²) in [5.41, 5.74) is 0.493. The average molecular weight is 291 g/mol. The van der Waals surface area contributed by atoms with Gasteiger partial charge in [-0.15, -0.1) is 0 Å². The highest BCUT2D eigenvalue weighted by molar-refractivity contribution is 6.20. The number of phenolic OH excluding ortho intramolecular Hbond substituents is 2. The molecule has 0 amide bonds. The number of nitrogens with zero attached hydrogens (tertiary/aromatic N) is 1. The number of rotatable bonds is 0. The van der Waals surface area contributed by atoms with Crippen molar-refractivity contribution in [2.24, 2.45) is 7.05 Å². The summed E-state index contributed by atoms with van der Waals surface area (Å²) in [6.45, 7) is 0. The van der Waals surface area contributed by atoms with E-state index in [4.69, 9.17) is 0 Å². The van der Waals surface area contributed by atoms with E-state index in [-0.39, 0.29) is 17.1 Å². The van der Waals surface area contributed by atoms with Gasteiger partial charge in [0.2, 0.25) is 0 Å². The lowest BCUT2D eigenvalue weighted by Gasteiger charge is -2.14. The van der Waals surface area contributed by atoms with E-state index >= 15 is 0 Å². The third-order valence-corrected chi connectivity index (χ3v) is 4.20. The molecule has 4 heteroatoms. The Balaban J connectivity index is 2.50. The second-order valence-corrected chi connectivity index (χ2v) is 5.38. The number of pyridine rings is 1. The summed E-state index contributed by atoms with van der Waals surface area (Å²) in [7, 11) is 1.68. The van der Waals surface area contributed by atoms with Crippen molar-refractivity contribution in [1.29, 1.82) is 0 Å². The fourth-order valence-electron chi connectivity index (χ4n) is 3.16. The molecule has 108 valence electrons. The lowest BCUT2D eigenvalue weighted by molar-refractivity contribution is 0.412. The van der Waals surface area contributed by atoms with Crippen molar-refractivity contribution >= 4 is 32.4 Å². The van der Waals surface area contributed by atoms with Crippen LogP contribution < -0.4 is 5.56 Å². The van der Waals surface area contributed by atoms with Gasteiger partial charge in [0.1, 0.15) is 0 Å². The normalized spacial score (nSPS) is 11.5. The van der Waals surface area contributed by atoms with Crippen LogP contribution >= 0.6 is 0 Å². The summed E-state index contributed by atoms with van der Waals surface area (Å²) in [5, 5.41) is 23.8. The highest BCUT2D eigenvalue weighted by Gasteiger charge is 2.18. The zero-order valence-corrected chi connectivity index (χ0v) is 11.9. The molecule has 0 bridgehead atoms. The third-order valence-electron chi connectivity index (χ3n) is 4.20. The minimum absolute atomic E-state index is 0.127. The molecular formula is C18H13NO3. The summed E-state index contributed by atoms with van der Waals surface area (Å²) < 4.78 is 1.53. The average Bonchev–Trinajstić information content (AvgIpc) is 2.56. The van der Waals surface area contributed by atoms with Crippen LogP contribution in [0.1, 0.15) is 0 Å². The first-order chi connectivity index (χ1) is 10.6. The SMILES string of the molecule is Cn1c(=O)c2ccccc2c2c(O)c(O)c3ccccc3c21. The predicted octanol–water partition coefficient (Wildman–Crippen LogP) is 3.26. The predicted molar refractivity (Wildman–Crippen MR) is 87.5 cm³/mol. The van der Waals surface area contributed by atoms with Crippen LogP contribution in [-0.2, 0) is 7.05 Å². The molecule has 1 heterocycles. The van der Waals surface area contributed by atoms with Crippen LogP contribution in [0.15, 0.2) is 53.3 Å². The number of hydrogen-bond acceptors (Lipinski definition) is 3. The molecule has 3 aromatic carbocycles. The van der Waals surface area contributed by atoms with Gasteiger partial charge in [0.25, 0.3) is 5.56 Å². The molecule has 4 aromatic rings. The van der Waals surface area contributed by atoms with Crippen molar-refractivity contribution < 1.29 is 10.2 Å². The lowest BCUT2D eigenvalue weighted by atomic mass is 9.99. The highest BCUT2D eigenvalue weighted by Crippen LogP contribution is 2.43. The van der Waals surface area contributed by atoms with Gasteiger partial charge in [-0.25, -0.2) is 0 Å². The molecule has 2 N–H and O–H groups in total. The van der Waals surface area contributed by atoms with Crippen molar-refractivity contribution in [1.82, 2.24) is 4.57 Å². The number of fused-ring (bicyclic) bond motifs is 5. The van der Waals surface area contributed by atoms with E-state index in [1.807, 2.05) is 18.2 Å². The van der Waals surface area contributed by atoms with Crippen molar-refractivity contribution in [2.75, 3.05) is 0 Å². The van der Waals surface area contributed by atoms with Crippen LogP contribution in [0.2, 0.25) is 0 Å². The van der Waals surface area contributed by atoms with E-state index < -0.39 is 0 Å². The Labute approximate surface area is 125 Å². The third kappa shape index (κ3) is 1.44. The summed E-state index contributed by atoms with van der Waals surface area (Å²) >= 11 is 0. The first-order valence-electron chi connectivity index (χ1n) is 6.95. The standard InChI is InChI=1S/C18H13NO3/c1-19-15-11-7-3-4-8-12(11)16(20)17(21)14(15)10-6-2-5-9-13(10)18(19)22/h2-9,20-21H,1H3. The smallest absolute Gasteiger partial charge is 0.258 e. The number of hydrogen-bond donors (Lipinski definition) is 2. The molecule has 0 spiro atoms. The van der Waals surface area contributed by atoms with E-state index in [1.165, 1.54) is 4.57 Å². The van der Waals surface area contributed by atoms with Crippen LogP contribution in [0.25, 0.3) is 32.4 Å². The van der Waals surface area contributed by atoms with Crippen molar-refractivity contribution in [2.45, 2.75) is 0 Å². The quantitative estimate of drug-likeness (QED) is 0.386. The topological polar surface area (TPSA) is 62.5 Å². The Morgan fingerprint density at radius 2 is 1.32 bits per heavy atom. The summed E-state index contributed by atoms with van der Waals surface area (Å²) in [5.74, 6) is -0.354. The van der Waals surface area contributed by atoms with Gasteiger partial charge < -0.3 is 14.8 Å². The van der Waals surface area contributed by atoms with Gasteiger partial charge >= 0.3 is 0 Å². The Morgan fingerprint density at radius 3 is 2.00 bits per heavy atom. The van der Waals surface area contributed by atoms with Crippen LogP contribution in [0.3, 0.4) is 0 Å². The summed E-state index contributed by atoms with van der Waals surface area (Å²) in [4.78, 5) is 12.6. The molecule has 4 rings (SSSR count). The molecule has 0 aliphatic rings. The maximum atomic E-state index is 12.6. The number of aromatic nitrogens is 1. The van der Waals surface area contributed by atoms with E-state index in [1.54, 1.807) is 37.4 Å². The van der Waals surface area contributed by atoms with Crippen molar-refractivity contribution in [3.63, 3.8) is 0 Å². The van der Waals surface area contributed by atoms with Crippen LogP contribution in [0, 0.1) is 0 Å². The molecule has 0 fully saturated rings. The monoisotopic (exact) mass is 291 g/mol. The molecule has 0 unspecified atom stereocenters. The molecule has 4 nitrogen and oxygen atoms in total. The van der Waals surface area contributed by atoms with Crippen LogP contribution in [-0.4, -0.2) is 14.8 Å². The maximum absolute atomic E-state index is 12.6. The highest BCUT2D eigenvalue weighted by atomic mass is 16.3. The zero-order chi connectivity index (χ0) is 15.4. The van der Waals surface area contributed by atoms with Gasteiger partial charge in [0.15, 0.2) is 11.5 Å². The number of phenols is 2. The Morgan fingerprint density at radius 1 is 0.773 bits per heavy atom. The molecule has 0 atom stereocenters. The van der Waals surface area contributed by atoms with Crippen LogP contribution in [0.5, 0.6) is 11.5 Å². The largest absolute Gasteiger partial charge is 0.504 e. The number of aryl methyl sites for hydroxylation is 1. The van der Waals surface area contributed by atoms with Crippen LogP contribution in [0.4, 0.5) is 0 Å². The van der Waals surface area contributed by atoms with Gasteiger partial charge in [-0.3, -0.25) is 4.79 Å². The maximum Gasteiger partial charge on any atom is 0.258 e. The lowest BCUT2D eigenvalue weighted by Crippen LogP contribution is -2.17. The molecule has 0 saturated heterocycles. The Bertz CT molecular complexity index is 1130. The summed E-state index contributed by atoms with van der Waals surface area (Å²) in [6, 6.07) is 14.3. The van der Waals surface area contributed by atoms with Gasteiger partial charge in [0.05, 0.1) is 10.9 Å². The molecule has 0 aliphatic heterocycles. The Kier molecular flexibility index (Phi) is 2.45. The van der Waals surface area contributed by atoms with Gasteiger partial charge in [-0.05, 0) is 6.07 Å². The van der Waals surface area contributed by atoms with E-state index in [2.05, 4.69) is 0 Å². The molecule has 0 saturated carbocycles. The van der Waals surface area contributed by atoms with E-state index in [9.17, 15) is 15.0 Å². The first kappa shape index (κ1) is 12.7. The zero-order valence-electron chi connectivity index (χ0n) is 11.9. The number of benzene rings is 3. The van der Waals surface area contributed by atoms with E-state index in [0.717, 1.165) is 5.39 Å². The second kappa shape index (κ2) is 4.24. The fraction of sp³-hybridized carbons (Fsp3) is 0.0556. The first-order valence-corrected chi connectivity index (χ1v) is 6.95. The molecule has 22 heavy (non-hydrogen) atoms.